The van der Waals surface area contributed by atoms with Crippen molar-refractivity contribution in [3.05, 3.63) is 164 Å². The summed E-state index contributed by atoms with van der Waals surface area (Å²) >= 11 is 1.80. The summed E-state index contributed by atoms with van der Waals surface area (Å²) in [4.78, 5) is 15.1. The maximum absolute atomic E-state index is 6.63. The smallest absolute Gasteiger partial charge is 0.164 e. The van der Waals surface area contributed by atoms with Gasteiger partial charge in [-0.25, -0.2) is 15.0 Å². The largest absolute Gasteiger partial charge is 0.455 e. The Morgan fingerprint density at radius 1 is 0.400 bits per heavy atom. The van der Waals surface area contributed by atoms with Crippen molar-refractivity contribution in [2.24, 2.45) is 0 Å². The van der Waals surface area contributed by atoms with Crippen molar-refractivity contribution < 1.29 is 4.42 Å². The first-order valence-electron chi connectivity index (χ1n) is 16.6. The number of rotatable bonds is 5. The monoisotopic (exact) mass is 657 g/mol. The molecule has 0 aliphatic heterocycles. The molecule has 3 heterocycles. The molecule has 0 aliphatic carbocycles. The van der Waals surface area contributed by atoms with Crippen LogP contribution < -0.4 is 0 Å². The molecule has 0 saturated carbocycles. The number of fused-ring (bicyclic) bond motifs is 6. The minimum atomic E-state index is 0.650. The Bertz CT molecular complexity index is 2800. The maximum atomic E-state index is 6.63. The lowest BCUT2D eigenvalue weighted by Crippen LogP contribution is -2.00. The van der Waals surface area contributed by atoms with Gasteiger partial charge in [0.1, 0.15) is 11.2 Å². The van der Waals surface area contributed by atoms with E-state index in [-0.39, 0.29) is 0 Å². The van der Waals surface area contributed by atoms with E-state index >= 15 is 0 Å². The molecule has 0 bridgehead atoms. The standard InChI is InChI=1S/C45H27N3OS/c1-4-14-28(15-5-1)31-26-36-32-20-10-11-24-38(32)49-41(36)37(27-31)33-21-12-22-34-40-35(23-13-25-39(40)50-42(33)34)45-47-43(29-16-6-2-7-17-29)46-44(48-45)30-18-8-3-9-19-30/h1-27H. The first kappa shape index (κ1) is 28.6. The Kier molecular flexibility index (Phi) is 6.64. The third kappa shape index (κ3) is 4.71. The lowest BCUT2D eigenvalue weighted by Gasteiger charge is -2.10. The summed E-state index contributed by atoms with van der Waals surface area (Å²) in [6.07, 6.45) is 0. The molecule has 0 amide bonds. The maximum Gasteiger partial charge on any atom is 0.164 e. The lowest BCUT2D eigenvalue weighted by atomic mass is 9.94. The molecule has 50 heavy (non-hydrogen) atoms. The third-order valence-electron chi connectivity index (χ3n) is 9.34. The van der Waals surface area contributed by atoms with Crippen LogP contribution in [0.1, 0.15) is 0 Å². The zero-order chi connectivity index (χ0) is 33.0. The van der Waals surface area contributed by atoms with E-state index in [1.807, 2.05) is 66.7 Å². The van der Waals surface area contributed by atoms with Crippen molar-refractivity contribution in [1.29, 1.82) is 0 Å². The summed E-state index contributed by atoms with van der Waals surface area (Å²) in [6.45, 7) is 0. The van der Waals surface area contributed by atoms with Crippen molar-refractivity contribution in [1.82, 2.24) is 15.0 Å². The van der Waals surface area contributed by atoms with Crippen LogP contribution in [0.2, 0.25) is 0 Å². The van der Waals surface area contributed by atoms with E-state index in [2.05, 4.69) is 97.1 Å². The molecule has 5 heteroatoms. The molecule has 4 nitrogen and oxygen atoms in total. The molecule has 7 aromatic carbocycles. The van der Waals surface area contributed by atoms with Crippen LogP contribution in [0.15, 0.2) is 168 Å². The second-order valence-electron chi connectivity index (χ2n) is 12.4. The fraction of sp³-hybridized carbons (Fsp3) is 0. The highest BCUT2D eigenvalue weighted by molar-refractivity contribution is 7.26. The minimum Gasteiger partial charge on any atom is -0.455 e. The number of benzene rings is 7. The minimum absolute atomic E-state index is 0.650. The second kappa shape index (κ2) is 11.6. The fourth-order valence-corrected chi connectivity index (χ4v) is 8.26. The molecule has 234 valence electrons. The van der Waals surface area contributed by atoms with Gasteiger partial charge in [-0.3, -0.25) is 0 Å². The van der Waals surface area contributed by atoms with E-state index in [1.165, 1.54) is 15.0 Å². The van der Waals surface area contributed by atoms with Gasteiger partial charge in [0, 0.05) is 58.8 Å². The summed E-state index contributed by atoms with van der Waals surface area (Å²) in [5.74, 6) is 1.95. The van der Waals surface area contributed by atoms with Crippen LogP contribution in [0, 0.1) is 0 Å². The van der Waals surface area contributed by atoms with Crippen LogP contribution in [-0.4, -0.2) is 15.0 Å². The molecular formula is C45H27N3OS. The zero-order valence-electron chi connectivity index (χ0n) is 26.7. The molecule has 10 aromatic rings. The molecule has 0 spiro atoms. The Balaban J connectivity index is 1.23. The van der Waals surface area contributed by atoms with Crippen molar-refractivity contribution in [2.45, 2.75) is 0 Å². The van der Waals surface area contributed by atoms with E-state index in [0.29, 0.717) is 17.5 Å². The molecule has 0 unspecified atom stereocenters. The van der Waals surface area contributed by atoms with Gasteiger partial charge in [-0.1, -0.05) is 140 Å². The number of aromatic nitrogens is 3. The number of para-hydroxylation sites is 1. The van der Waals surface area contributed by atoms with Crippen molar-refractivity contribution in [2.75, 3.05) is 0 Å². The van der Waals surface area contributed by atoms with Crippen LogP contribution in [0.3, 0.4) is 0 Å². The zero-order valence-corrected chi connectivity index (χ0v) is 27.6. The summed E-state index contributed by atoms with van der Waals surface area (Å²) < 4.78 is 9.00. The van der Waals surface area contributed by atoms with Crippen LogP contribution in [0.25, 0.3) is 98.5 Å². The van der Waals surface area contributed by atoms with Crippen molar-refractivity contribution in [3.63, 3.8) is 0 Å². The first-order valence-corrected chi connectivity index (χ1v) is 17.4. The molecule has 3 aromatic heterocycles. The Morgan fingerprint density at radius 2 is 0.980 bits per heavy atom. The predicted octanol–water partition coefficient (Wildman–Crippen LogP) is 12.5. The average molecular weight is 658 g/mol. The summed E-state index contributed by atoms with van der Waals surface area (Å²) in [5.41, 5.74) is 9.21. The number of thiophene rings is 1. The SMILES string of the molecule is c1ccc(-c2cc(-c3cccc4c3sc3cccc(-c5nc(-c6ccccc6)nc(-c6ccccc6)n5)c34)c3oc4ccccc4c3c2)cc1. The van der Waals surface area contributed by atoms with Gasteiger partial charge in [-0.2, -0.15) is 0 Å². The van der Waals surface area contributed by atoms with Crippen molar-refractivity contribution in [3.8, 4) is 56.4 Å². The van der Waals surface area contributed by atoms with Crippen LogP contribution in [0.5, 0.6) is 0 Å². The molecule has 0 radical (unpaired) electrons. The Hall–Kier alpha value is -6.43. The predicted molar refractivity (Wildman–Crippen MR) is 207 cm³/mol. The van der Waals surface area contributed by atoms with Gasteiger partial charge in [0.2, 0.25) is 0 Å². The van der Waals surface area contributed by atoms with Crippen LogP contribution in [-0.2, 0) is 0 Å². The van der Waals surface area contributed by atoms with E-state index in [9.17, 15) is 0 Å². The van der Waals surface area contributed by atoms with Gasteiger partial charge >= 0.3 is 0 Å². The highest BCUT2D eigenvalue weighted by Crippen LogP contribution is 2.47. The highest BCUT2D eigenvalue weighted by atomic mass is 32.1. The summed E-state index contributed by atoms with van der Waals surface area (Å²) in [6, 6.07) is 56.7. The number of furan rings is 1. The van der Waals surface area contributed by atoms with Crippen LogP contribution >= 0.6 is 11.3 Å². The van der Waals surface area contributed by atoms with Gasteiger partial charge in [0.15, 0.2) is 17.5 Å². The van der Waals surface area contributed by atoms with Gasteiger partial charge < -0.3 is 4.42 Å². The Morgan fingerprint density at radius 3 is 1.70 bits per heavy atom. The lowest BCUT2D eigenvalue weighted by molar-refractivity contribution is 0.670. The molecule has 0 aliphatic rings. The first-order chi connectivity index (χ1) is 24.8. The molecule has 0 fully saturated rings. The van der Waals surface area contributed by atoms with Gasteiger partial charge in [0.25, 0.3) is 0 Å². The number of hydrogen-bond acceptors (Lipinski definition) is 5. The van der Waals surface area contributed by atoms with Crippen molar-refractivity contribution >= 4 is 53.4 Å². The second-order valence-corrected chi connectivity index (χ2v) is 13.4. The highest BCUT2D eigenvalue weighted by Gasteiger charge is 2.21. The molecule has 10 rings (SSSR count). The van der Waals surface area contributed by atoms with E-state index < -0.39 is 0 Å². The van der Waals surface area contributed by atoms with Gasteiger partial charge in [-0.15, -0.1) is 11.3 Å². The van der Waals surface area contributed by atoms with E-state index in [0.717, 1.165) is 66.1 Å². The van der Waals surface area contributed by atoms with E-state index in [1.54, 1.807) is 11.3 Å². The molecular weight excluding hydrogens is 631 g/mol. The van der Waals surface area contributed by atoms with Gasteiger partial charge in [-0.05, 0) is 35.4 Å². The summed E-state index contributed by atoms with van der Waals surface area (Å²) in [7, 11) is 0. The number of nitrogens with zero attached hydrogens (tertiary/aromatic N) is 3. The summed E-state index contributed by atoms with van der Waals surface area (Å²) in [5, 5.41) is 4.53. The van der Waals surface area contributed by atoms with E-state index in [4.69, 9.17) is 19.4 Å². The Labute approximate surface area is 292 Å². The fourth-order valence-electron chi connectivity index (χ4n) is 7.00. The van der Waals surface area contributed by atoms with Gasteiger partial charge in [0.05, 0.1) is 0 Å². The quantitative estimate of drug-likeness (QED) is 0.185. The normalized spacial score (nSPS) is 11.6. The molecule has 0 N–H and O–H groups in total. The van der Waals surface area contributed by atoms with Crippen LogP contribution in [0.4, 0.5) is 0 Å². The topological polar surface area (TPSA) is 51.8 Å². The molecule has 0 saturated heterocycles. The third-order valence-corrected chi connectivity index (χ3v) is 10.5. The number of hydrogen-bond donors (Lipinski definition) is 0. The average Bonchev–Trinajstić information content (AvgIpc) is 3.77. The molecule has 0 atom stereocenters.